The first-order valence-electron chi connectivity index (χ1n) is 9.20. The van der Waals surface area contributed by atoms with Crippen molar-refractivity contribution in [2.45, 2.75) is 19.9 Å². The van der Waals surface area contributed by atoms with E-state index in [0.717, 1.165) is 17.0 Å². The maximum Gasteiger partial charge on any atom is 0.118 e. The van der Waals surface area contributed by atoms with Crippen LogP contribution in [0.4, 0.5) is 5.69 Å². The standard InChI is InChI=1S/C24H24N2O/c1-16-8-12-19(13-9-16)26-24(18-10-14-20(27-3)15-11-18)23-17(2)25-22-7-5-4-6-21(22)23/h4-15,24-26H,1-3H3. The van der Waals surface area contributed by atoms with Crippen molar-refractivity contribution in [1.82, 2.24) is 4.98 Å². The molecule has 1 heterocycles. The number of aromatic nitrogens is 1. The van der Waals surface area contributed by atoms with E-state index in [1.54, 1.807) is 7.11 Å². The van der Waals surface area contributed by atoms with E-state index in [2.05, 4.69) is 84.8 Å². The van der Waals surface area contributed by atoms with E-state index >= 15 is 0 Å². The Morgan fingerprint density at radius 3 is 2.26 bits per heavy atom. The normalized spacial score (nSPS) is 12.1. The molecular formula is C24H24N2O. The van der Waals surface area contributed by atoms with Gasteiger partial charge in [-0.15, -0.1) is 0 Å². The van der Waals surface area contributed by atoms with Gasteiger partial charge in [-0.05, 0) is 49.7 Å². The minimum Gasteiger partial charge on any atom is -0.497 e. The lowest BCUT2D eigenvalue weighted by Gasteiger charge is -2.22. The molecule has 0 radical (unpaired) electrons. The molecule has 0 saturated heterocycles. The van der Waals surface area contributed by atoms with Crippen LogP contribution in [0.15, 0.2) is 72.8 Å². The summed E-state index contributed by atoms with van der Waals surface area (Å²) in [4.78, 5) is 3.53. The van der Waals surface area contributed by atoms with Gasteiger partial charge in [-0.3, -0.25) is 0 Å². The van der Waals surface area contributed by atoms with Crippen LogP contribution < -0.4 is 10.1 Å². The molecule has 3 heteroatoms. The topological polar surface area (TPSA) is 37.0 Å². The summed E-state index contributed by atoms with van der Waals surface area (Å²) < 4.78 is 5.34. The van der Waals surface area contributed by atoms with Crippen LogP contribution in [0.5, 0.6) is 5.75 Å². The number of aromatic amines is 1. The maximum absolute atomic E-state index is 5.34. The molecule has 1 atom stereocenters. The van der Waals surface area contributed by atoms with Crippen LogP contribution in [0.3, 0.4) is 0 Å². The number of hydrogen-bond acceptors (Lipinski definition) is 2. The van der Waals surface area contributed by atoms with Gasteiger partial charge in [-0.1, -0.05) is 48.0 Å². The maximum atomic E-state index is 5.34. The summed E-state index contributed by atoms with van der Waals surface area (Å²) in [6, 6.07) is 25.3. The van der Waals surface area contributed by atoms with Gasteiger partial charge in [0.2, 0.25) is 0 Å². The van der Waals surface area contributed by atoms with Gasteiger partial charge in [0, 0.05) is 27.8 Å². The largest absolute Gasteiger partial charge is 0.497 e. The minimum atomic E-state index is 0.0368. The molecule has 0 aliphatic heterocycles. The molecular weight excluding hydrogens is 332 g/mol. The van der Waals surface area contributed by atoms with Gasteiger partial charge in [0.25, 0.3) is 0 Å². The molecule has 0 saturated carbocycles. The molecule has 4 aromatic rings. The third-order valence-electron chi connectivity index (χ3n) is 5.04. The molecule has 3 aromatic carbocycles. The molecule has 0 aliphatic rings. The molecule has 1 aromatic heterocycles. The number of aryl methyl sites for hydroxylation is 2. The first-order valence-corrected chi connectivity index (χ1v) is 9.20. The lowest BCUT2D eigenvalue weighted by atomic mass is 9.95. The fourth-order valence-electron chi connectivity index (χ4n) is 3.61. The van der Waals surface area contributed by atoms with Crippen molar-refractivity contribution in [3.8, 4) is 5.75 Å². The molecule has 0 amide bonds. The first-order chi connectivity index (χ1) is 13.2. The lowest BCUT2D eigenvalue weighted by molar-refractivity contribution is 0.414. The van der Waals surface area contributed by atoms with E-state index in [1.807, 2.05) is 12.1 Å². The molecule has 3 nitrogen and oxygen atoms in total. The molecule has 0 bridgehead atoms. The first kappa shape index (κ1) is 17.2. The van der Waals surface area contributed by atoms with E-state index < -0.39 is 0 Å². The second-order valence-corrected chi connectivity index (χ2v) is 6.93. The predicted octanol–water partition coefficient (Wildman–Crippen LogP) is 5.99. The predicted molar refractivity (Wildman–Crippen MR) is 113 cm³/mol. The number of rotatable bonds is 5. The Balaban J connectivity index is 1.83. The van der Waals surface area contributed by atoms with Crippen LogP contribution >= 0.6 is 0 Å². The van der Waals surface area contributed by atoms with Gasteiger partial charge in [-0.25, -0.2) is 0 Å². The molecule has 0 aliphatic carbocycles. The van der Waals surface area contributed by atoms with Gasteiger partial charge in [0.1, 0.15) is 5.75 Å². The summed E-state index contributed by atoms with van der Waals surface area (Å²) in [6.45, 7) is 4.25. The second kappa shape index (κ2) is 7.20. The number of benzene rings is 3. The van der Waals surface area contributed by atoms with Crippen LogP contribution in [-0.4, -0.2) is 12.1 Å². The van der Waals surface area contributed by atoms with Crippen molar-refractivity contribution in [1.29, 1.82) is 0 Å². The van der Waals surface area contributed by atoms with Gasteiger partial charge in [0.05, 0.1) is 13.2 Å². The van der Waals surface area contributed by atoms with Crippen LogP contribution in [0.1, 0.15) is 28.4 Å². The van der Waals surface area contributed by atoms with Crippen LogP contribution in [0.25, 0.3) is 10.9 Å². The van der Waals surface area contributed by atoms with Gasteiger partial charge in [0.15, 0.2) is 0 Å². The molecule has 0 spiro atoms. The average Bonchev–Trinajstić information content (AvgIpc) is 3.03. The minimum absolute atomic E-state index is 0.0368. The zero-order chi connectivity index (χ0) is 18.8. The number of hydrogen-bond donors (Lipinski definition) is 2. The summed E-state index contributed by atoms with van der Waals surface area (Å²) in [5.74, 6) is 0.864. The monoisotopic (exact) mass is 356 g/mol. The SMILES string of the molecule is COc1ccc(C(Nc2ccc(C)cc2)c2c(C)[nH]c3ccccc23)cc1. The number of nitrogens with one attached hydrogen (secondary N) is 2. The Bertz CT molecular complexity index is 1050. The number of fused-ring (bicyclic) bond motifs is 1. The van der Waals surface area contributed by atoms with E-state index in [1.165, 1.54) is 27.8 Å². The van der Waals surface area contributed by atoms with Gasteiger partial charge < -0.3 is 15.0 Å². The van der Waals surface area contributed by atoms with Crippen molar-refractivity contribution < 1.29 is 4.74 Å². The number of ether oxygens (including phenoxy) is 1. The molecule has 27 heavy (non-hydrogen) atoms. The van der Waals surface area contributed by atoms with E-state index in [0.29, 0.717) is 0 Å². The van der Waals surface area contributed by atoms with Gasteiger partial charge >= 0.3 is 0 Å². The highest BCUT2D eigenvalue weighted by Gasteiger charge is 2.21. The lowest BCUT2D eigenvalue weighted by Crippen LogP contribution is -2.13. The molecule has 4 rings (SSSR count). The Kier molecular flexibility index (Phi) is 4.59. The highest BCUT2D eigenvalue weighted by Crippen LogP contribution is 2.35. The summed E-state index contributed by atoms with van der Waals surface area (Å²) in [7, 11) is 1.70. The van der Waals surface area contributed by atoms with E-state index in [4.69, 9.17) is 4.74 Å². The Morgan fingerprint density at radius 1 is 0.852 bits per heavy atom. The Morgan fingerprint density at radius 2 is 1.56 bits per heavy atom. The van der Waals surface area contributed by atoms with E-state index in [-0.39, 0.29) is 6.04 Å². The van der Waals surface area contributed by atoms with Crippen LogP contribution in [-0.2, 0) is 0 Å². The fraction of sp³-hybridized carbons (Fsp3) is 0.167. The number of anilines is 1. The fourth-order valence-corrected chi connectivity index (χ4v) is 3.61. The van der Waals surface area contributed by atoms with Gasteiger partial charge in [-0.2, -0.15) is 0 Å². The number of para-hydroxylation sites is 1. The van der Waals surface area contributed by atoms with Crippen LogP contribution in [0, 0.1) is 13.8 Å². The van der Waals surface area contributed by atoms with Crippen molar-refractivity contribution >= 4 is 16.6 Å². The highest BCUT2D eigenvalue weighted by atomic mass is 16.5. The third-order valence-corrected chi connectivity index (χ3v) is 5.04. The quantitative estimate of drug-likeness (QED) is 0.460. The van der Waals surface area contributed by atoms with E-state index in [9.17, 15) is 0 Å². The molecule has 1 unspecified atom stereocenters. The smallest absolute Gasteiger partial charge is 0.118 e. The highest BCUT2D eigenvalue weighted by molar-refractivity contribution is 5.86. The summed E-state index contributed by atoms with van der Waals surface area (Å²) in [5.41, 5.74) is 7.17. The van der Waals surface area contributed by atoms with Crippen molar-refractivity contribution in [3.63, 3.8) is 0 Å². The molecule has 2 N–H and O–H groups in total. The Labute approximate surface area is 160 Å². The summed E-state index contributed by atoms with van der Waals surface area (Å²) in [6.07, 6.45) is 0. The zero-order valence-corrected chi connectivity index (χ0v) is 15.9. The summed E-state index contributed by atoms with van der Waals surface area (Å²) in [5, 5.41) is 4.98. The zero-order valence-electron chi connectivity index (χ0n) is 15.9. The average molecular weight is 356 g/mol. The third kappa shape index (κ3) is 3.41. The summed E-state index contributed by atoms with van der Waals surface area (Å²) >= 11 is 0. The van der Waals surface area contributed by atoms with Crippen molar-refractivity contribution in [2.24, 2.45) is 0 Å². The second-order valence-electron chi connectivity index (χ2n) is 6.93. The number of H-pyrrole nitrogens is 1. The van der Waals surface area contributed by atoms with Crippen LogP contribution in [0.2, 0.25) is 0 Å². The number of methoxy groups -OCH3 is 1. The Hall–Kier alpha value is -3.20. The van der Waals surface area contributed by atoms with Crippen molar-refractivity contribution in [3.05, 3.63) is 95.2 Å². The molecule has 136 valence electrons. The molecule has 0 fully saturated rings. The van der Waals surface area contributed by atoms with Crippen molar-refractivity contribution in [2.75, 3.05) is 12.4 Å².